The molecule has 0 unspecified atom stereocenters. The minimum atomic E-state index is -0.386. The van der Waals surface area contributed by atoms with Crippen molar-refractivity contribution < 1.29 is 19.0 Å². The van der Waals surface area contributed by atoms with Crippen molar-refractivity contribution in [3.63, 3.8) is 0 Å². The van der Waals surface area contributed by atoms with Crippen LogP contribution in [0.1, 0.15) is 12.6 Å². The Morgan fingerprint density at radius 3 is 2.80 bits per heavy atom. The predicted octanol–water partition coefficient (Wildman–Crippen LogP) is 2.49. The maximum absolute atomic E-state index is 11.4. The molecule has 106 valence electrons. The monoisotopic (exact) mass is 275 g/mol. The minimum absolute atomic E-state index is 0.113. The van der Waals surface area contributed by atoms with E-state index in [1.165, 1.54) is 0 Å². The van der Waals surface area contributed by atoms with E-state index in [0.29, 0.717) is 12.4 Å². The van der Waals surface area contributed by atoms with Crippen LogP contribution in [0.5, 0.6) is 11.5 Å². The van der Waals surface area contributed by atoms with Crippen LogP contribution in [0.3, 0.4) is 0 Å². The van der Waals surface area contributed by atoms with Gasteiger partial charge in [0, 0.05) is 23.2 Å². The van der Waals surface area contributed by atoms with Gasteiger partial charge in [-0.05, 0) is 26.0 Å². The summed E-state index contributed by atoms with van der Waals surface area (Å²) in [5, 5.41) is 0.834. The van der Waals surface area contributed by atoms with Gasteiger partial charge in [0.1, 0.15) is 11.5 Å². The van der Waals surface area contributed by atoms with Crippen molar-refractivity contribution in [2.75, 3.05) is 20.3 Å². The van der Waals surface area contributed by atoms with Crippen LogP contribution < -0.4 is 9.47 Å². The summed E-state index contributed by atoms with van der Waals surface area (Å²) in [6, 6.07) is 7.32. The van der Waals surface area contributed by atoms with Crippen molar-refractivity contribution in [1.82, 2.24) is 4.98 Å². The smallest absolute Gasteiger partial charge is 0.344 e. The number of carbonyl (C=O) groups is 1. The molecule has 0 radical (unpaired) electrons. The second kappa shape index (κ2) is 6.23. The van der Waals surface area contributed by atoms with Crippen molar-refractivity contribution in [2.24, 2.45) is 0 Å². The van der Waals surface area contributed by atoms with E-state index in [2.05, 4.69) is 4.98 Å². The second-order valence-electron chi connectivity index (χ2n) is 4.24. The molecule has 5 heteroatoms. The molecule has 5 nitrogen and oxygen atoms in total. The molecule has 0 saturated heterocycles. The van der Waals surface area contributed by atoms with Gasteiger partial charge >= 0.3 is 5.97 Å². The summed E-state index contributed by atoms with van der Waals surface area (Å²) >= 11 is 0. The first-order valence-electron chi connectivity index (χ1n) is 6.38. The van der Waals surface area contributed by atoms with Gasteiger partial charge in [0.25, 0.3) is 0 Å². The van der Waals surface area contributed by atoms with Crippen LogP contribution in [-0.4, -0.2) is 31.3 Å². The molecule has 0 fully saturated rings. The molecule has 2 rings (SSSR count). The summed E-state index contributed by atoms with van der Waals surface area (Å²) in [6.45, 7) is 3.86. The molecule has 0 atom stereocenters. The van der Waals surface area contributed by atoms with Gasteiger partial charge in [-0.15, -0.1) is 0 Å². The number of methoxy groups -OCH3 is 1. The van der Waals surface area contributed by atoms with Crippen LogP contribution in [0.15, 0.2) is 24.3 Å². The van der Waals surface area contributed by atoms with Crippen LogP contribution in [0.25, 0.3) is 10.9 Å². The second-order valence-corrected chi connectivity index (χ2v) is 4.24. The Hall–Kier alpha value is -2.30. The van der Waals surface area contributed by atoms with Crippen molar-refractivity contribution in [2.45, 2.75) is 13.8 Å². The summed E-state index contributed by atoms with van der Waals surface area (Å²) in [5.41, 5.74) is 1.58. The highest BCUT2D eigenvalue weighted by Gasteiger charge is 2.09. The highest BCUT2D eigenvalue weighted by Crippen LogP contribution is 2.28. The van der Waals surface area contributed by atoms with Gasteiger partial charge in [-0.25, -0.2) is 4.79 Å². The van der Waals surface area contributed by atoms with Gasteiger partial charge in [0.15, 0.2) is 6.61 Å². The fraction of sp³-hybridized carbons (Fsp3) is 0.333. The number of nitrogens with zero attached hydrogens (tertiary/aromatic N) is 1. The largest absolute Gasteiger partial charge is 0.497 e. The molecule has 0 N–H and O–H groups in total. The number of carbonyl (C=O) groups excluding carboxylic acids is 1. The topological polar surface area (TPSA) is 57.7 Å². The molecule has 0 aliphatic rings. The Morgan fingerprint density at radius 2 is 2.10 bits per heavy atom. The van der Waals surface area contributed by atoms with Gasteiger partial charge in [-0.1, -0.05) is 0 Å². The van der Waals surface area contributed by atoms with E-state index < -0.39 is 0 Å². The van der Waals surface area contributed by atoms with Crippen LogP contribution in [0.2, 0.25) is 0 Å². The van der Waals surface area contributed by atoms with E-state index in [-0.39, 0.29) is 12.6 Å². The zero-order chi connectivity index (χ0) is 14.5. The number of hydrogen-bond acceptors (Lipinski definition) is 5. The molecule has 0 amide bonds. The first-order chi connectivity index (χ1) is 9.63. The summed E-state index contributed by atoms with van der Waals surface area (Å²) < 4.78 is 15.6. The van der Waals surface area contributed by atoms with E-state index in [9.17, 15) is 4.79 Å². The number of aryl methyl sites for hydroxylation is 1. The molecule has 0 bridgehead atoms. The van der Waals surface area contributed by atoms with Crippen molar-refractivity contribution in [3.8, 4) is 11.5 Å². The number of rotatable bonds is 5. The van der Waals surface area contributed by atoms with E-state index in [1.807, 2.05) is 25.1 Å². The normalized spacial score (nSPS) is 10.3. The number of benzene rings is 1. The van der Waals surface area contributed by atoms with Crippen LogP contribution >= 0.6 is 0 Å². The summed E-state index contributed by atoms with van der Waals surface area (Å²) in [6.07, 6.45) is 0. The first-order valence-corrected chi connectivity index (χ1v) is 6.38. The average Bonchev–Trinajstić information content (AvgIpc) is 2.44. The van der Waals surface area contributed by atoms with Gasteiger partial charge in [-0.2, -0.15) is 0 Å². The zero-order valence-corrected chi connectivity index (χ0v) is 11.8. The molecule has 0 saturated carbocycles. The van der Waals surface area contributed by atoms with Crippen molar-refractivity contribution in [1.29, 1.82) is 0 Å². The predicted molar refractivity (Wildman–Crippen MR) is 75.2 cm³/mol. The molecule has 0 aliphatic heterocycles. The Labute approximate surface area is 117 Å². The number of fused-ring (bicyclic) bond motifs is 1. The molecule has 0 aliphatic carbocycles. The molecular formula is C15H17NO4. The average molecular weight is 275 g/mol. The Kier molecular flexibility index (Phi) is 4.40. The number of hydrogen-bond donors (Lipinski definition) is 0. The fourth-order valence-electron chi connectivity index (χ4n) is 1.89. The minimum Gasteiger partial charge on any atom is -0.497 e. The molecule has 1 heterocycles. The van der Waals surface area contributed by atoms with Crippen molar-refractivity contribution >= 4 is 16.9 Å². The Morgan fingerprint density at radius 1 is 1.30 bits per heavy atom. The molecule has 0 spiro atoms. The third-order valence-corrected chi connectivity index (χ3v) is 2.76. The number of ether oxygens (including phenoxy) is 3. The van der Waals surface area contributed by atoms with Gasteiger partial charge in [0.2, 0.25) is 0 Å². The van der Waals surface area contributed by atoms with Gasteiger partial charge in [-0.3, -0.25) is 4.98 Å². The molecule has 2 aromatic rings. The molecule has 20 heavy (non-hydrogen) atoms. The third-order valence-electron chi connectivity index (χ3n) is 2.76. The quantitative estimate of drug-likeness (QED) is 0.785. The Balaban J connectivity index is 2.30. The lowest BCUT2D eigenvalue weighted by atomic mass is 10.2. The number of aromatic nitrogens is 1. The maximum atomic E-state index is 11.4. The maximum Gasteiger partial charge on any atom is 0.344 e. The number of esters is 1. The highest BCUT2D eigenvalue weighted by atomic mass is 16.6. The first kappa shape index (κ1) is 14.1. The van der Waals surface area contributed by atoms with Crippen molar-refractivity contribution in [3.05, 3.63) is 30.0 Å². The highest BCUT2D eigenvalue weighted by molar-refractivity contribution is 5.86. The standard InChI is InChI=1S/C15H17NO4/c1-4-19-15(17)9-20-14-7-10(2)16-13-8-11(18-3)5-6-12(13)14/h5-8H,4,9H2,1-3H3. The molecule has 1 aromatic carbocycles. The van der Waals surface area contributed by atoms with Gasteiger partial charge < -0.3 is 14.2 Å². The third kappa shape index (κ3) is 3.17. The lowest BCUT2D eigenvalue weighted by Gasteiger charge is -2.10. The van der Waals surface area contributed by atoms with Crippen LogP contribution in [-0.2, 0) is 9.53 Å². The van der Waals surface area contributed by atoms with E-state index in [1.54, 1.807) is 20.1 Å². The van der Waals surface area contributed by atoms with Crippen LogP contribution in [0, 0.1) is 6.92 Å². The zero-order valence-electron chi connectivity index (χ0n) is 11.8. The Bertz CT molecular complexity index is 625. The summed E-state index contributed by atoms with van der Waals surface area (Å²) in [4.78, 5) is 15.8. The summed E-state index contributed by atoms with van der Waals surface area (Å²) in [7, 11) is 1.61. The lowest BCUT2D eigenvalue weighted by Crippen LogP contribution is -2.14. The van der Waals surface area contributed by atoms with E-state index >= 15 is 0 Å². The fourth-order valence-corrected chi connectivity index (χ4v) is 1.89. The van der Waals surface area contributed by atoms with E-state index in [0.717, 1.165) is 22.3 Å². The molecule has 1 aromatic heterocycles. The molecular weight excluding hydrogens is 258 g/mol. The van der Waals surface area contributed by atoms with E-state index in [4.69, 9.17) is 14.2 Å². The van der Waals surface area contributed by atoms with Crippen LogP contribution in [0.4, 0.5) is 0 Å². The van der Waals surface area contributed by atoms with Gasteiger partial charge in [0.05, 0.1) is 19.2 Å². The lowest BCUT2D eigenvalue weighted by molar-refractivity contribution is -0.145. The number of pyridine rings is 1. The summed E-state index contributed by atoms with van der Waals surface area (Å²) in [5.74, 6) is 0.957. The SMILES string of the molecule is CCOC(=O)COc1cc(C)nc2cc(OC)ccc12.